The van der Waals surface area contributed by atoms with Gasteiger partial charge in [-0.05, 0) is 43.4 Å². The lowest BCUT2D eigenvalue weighted by atomic mass is 9.77. The van der Waals surface area contributed by atoms with Crippen LogP contribution in [-0.2, 0) is 16.0 Å². The van der Waals surface area contributed by atoms with E-state index in [1.165, 1.54) is 23.6 Å². The zero-order valence-corrected chi connectivity index (χ0v) is 13.8. The Morgan fingerprint density at radius 2 is 2.09 bits per heavy atom. The molecule has 0 aliphatic heterocycles. The van der Waals surface area contributed by atoms with Gasteiger partial charge in [0.15, 0.2) is 11.3 Å². The number of benzene rings is 1. The van der Waals surface area contributed by atoms with E-state index >= 15 is 0 Å². The molecule has 0 bridgehead atoms. The molecule has 0 amide bonds. The Morgan fingerprint density at radius 1 is 1.36 bits per heavy atom. The van der Waals surface area contributed by atoms with Crippen LogP contribution in [0.15, 0.2) is 10.7 Å². The number of furan rings is 1. The minimum Gasteiger partial charge on any atom is -0.493 e. The molecule has 0 spiro atoms. The summed E-state index contributed by atoms with van der Waals surface area (Å²) in [5.41, 5.74) is 5.58. The topological polar surface area (TPSA) is 48.7 Å². The summed E-state index contributed by atoms with van der Waals surface area (Å²) in [5, 5.41) is 1.12. The molecule has 3 rings (SSSR count). The van der Waals surface area contributed by atoms with Crippen molar-refractivity contribution in [2.45, 2.75) is 52.6 Å². The van der Waals surface area contributed by atoms with E-state index in [-0.39, 0.29) is 18.0 Å². The lowest BCUT2D eigenvalue weighted by molar-refractivity contribution is -0.147. The van der Waals surface area contributed by atoms with Gasteiger partial charge in [-0.25, -0.2) is 0 Å². The molecule has 1 aromatic carbocycles. The highest BCUT2D eigenvalue weighted by Gasteiger charge is 2.34. The fourth-order valence-corrected chi connectivity index (χ4v) is 3.87. The van der Waals surface area contributed by atoms with Crippen molar-refractivity contribution in [1.82, 2.24) is 0 Å². The highest BCUT2D eigenvalue weighted by Crippen LogP contribution is 2.46. The first kappa shape index (κ1) is 14.9. The molecule has 0 radical (unpaired) electrons. The van der Waals surface area contributed by atoms with Crippen molar-refractivity contribution in [3.8, 4) is 5.75 Å². The molecule has 1 aliphatic carbocycles. The van der Waals surface area contributed by atoms with Crippen molar-refractivity contribution in [3.05, 3.63) is 28.5 Å². The van der Waals surface area contributed by atoms with Gasteiger partial charge in [-0.1, -0.05) is 6.92 Å². The third-order valence-electron chi connectivity index (χ3n) is 4.77. The van der Waals surface area contributed by atoms with Gasteiger partial charge in [0.25, 0.3) is 0 Å². The number of carbonyl (C=O) groups excluding carboxylic acids is 1. The summed E-state index contributed by atoms with van der Waals surface area (Å²) >= 11 is 0. The largest absolute Gasteiger partial charge is 0.493 e. The van der Waals surface area contributed by atoms with Crippen LogP contribution in [0.25, 0.3) is 11.0 Å². The summed E-state index contributed by atoms with van der Waals surface area (Å²) in [6.45, 7) is 7.76. The van der Waals surface area contributed by atoms with Crippen LogP contribution >= 0.6 is 0 Å². The van der Waals surface area contributed by atoms with Gasteiger partial charge >= 0.3 is 5.97 Å². The molecule has 0 unspecified atom stereocenters. The van der Waals surface area contributed by atoms with Crippen molar-refractivity contribution in [2.75, 3.05) is 7.11 Å². The molecular weight excluding hydrogens is 280 g/mol. The number of methoxy groups -OCH3 is 1. The summed E-state index contributed by atoms with van der Waals surface area (Å²) in [4.78, 5) is 11.3. The van der Waals surface area contributed by atoms with Gasteiger partial charge in [-0.3, -0.25) is 4.79 Å². The summed E-state index contributed by atoms with van der Waals surface area (Å²) in [5.74, 6) is 0.766. The molecule has 0 N–H and O–H groups in total. The van der Waals surface area contributed by atoms with Gasteiger partial charge in [0, 0.05) is 23.8 Å². The number of carbonyl (C=O) groups is 1. The number of hydrogen-bond donors (Lipinski definition) is 0. The standard InChI is InChI=1S/C18H22O4/c1-9-8-21-18-15(9)11(3)16-10(2)14(22-12(4)19)7-6-13(16)17(18)20-5/h8,10,14H,6-7H2,1-5H3/t10-,14+/m0/s1. The van der Waals surface area contributed by atoms with E-state index in [1.54, 1.807) is 13.4 Å². The molecule has 22 heavy (non-hydrogen) atoms. The van der Waals surface area contributed by atoms with E-state index in [1.807, 2.05) is 6.92 Å². The molecule has 4 nitrogen and oxygen atoms in total. The Hall–Kier alpha value is -1.97. The Labute approximate surface area is 130 Å². The Bertz CT molecular complexity index is 741. The zero-order valence-electron chi connectivity index (χ0n) is 13.8. The monoisotopic (exact) mass is 302 g/mol. The van der Waals surface area contributed by atoms with Crippen molar-refractivity contribution >= 4 is 16.9 Å². The van der Waals surface area contributed by atoms with E-state index in [0.717, 1.165) is 35.1 Å². The van der Waals surface area contributed by atoms with Crippen LogP contribution in [0.3, 0.4) is 0 Å². The number of rotatable bonds is 2. The number of fused-ring (bicyclic) bond motifs is 2. The summed E-state index contributed by atoms with van der Waals surface area (Å²) in [6, 6.07) is 0. The SMILES string of the molecule is COc1c2c(c(C)c3c(C)coc13)[C@@H](C)[C@H](OC(C)=O)CC2. The van der Waals surface area contributed by atoms with E-state index in [0.29, 0.717) is 0 Å². The smallest absolute Gasteiger partial charge is 0.302 e. The van der Waals surface area contributed by atoms with Crippen LogP contribution < -0.4 is 4.74 Å². The summed E-state index contributed by atoms with van der Waals surface area (Å²) in [7, 11) is 1.69. The van der Waals surface area contributed by atoms with Gasteiger partial charge in [0.1, 0.15) is 6.10 Å². The van der Waals surface area contributed by atoms with E-state index in [4.69, 9.17) is 13.9 Å². The molecule has 1 aromatic heterocycles. The van der Waals surface area contributed by atoms with Crippen LogP contribution in [-0.4, -0.2) is 19.2 Å². The first-order valence-corrected chi connectivity index (χ1v) is 7.70. The number of ether oxygens (including phenoxy) is 2. The van der Waals surface area contributed by atoms with Crippen LogP contribution in [0.2, 0.25) is 0 Å². The summed E-state index contributed by atoms with van der Waals surface area (Å²) < 4.78 is 16.9. The van der Waals surface area contributed by atoms with E-state index < -0.39 is 0 Å². The van der Waals surface area contributed by atoms with Crippen molar-refractivity contribution in [1.29, 1.82) is 0 Å². The first-order chi connectivity index (χ1) is 10.5. The van der Waals surface area contributed by atoms with Crippen LogP contribution in [0.4, 0.5) is 0 Å². The van der Waals surface area contributed by atoms with Crippen molar-refractivity contribution in [3.63, 3.8) is 0 Å². The van der Waals surface area contributed by atoms with E-state index in [9.17, 15) is 4.79 Å². The molecule has 0 saturated carbocycles. The maximum absolute atomic E-state index is 11.3. The number of aryl methyl sites for hydroxylation is 2. The predicted molar refractivity (Wildman–Crippen MR) is 84.5 cm³/mol. The predicted octanol–water partition coefficient (Wildman–Crippen LogP) is 4.04. The van der Waals surface area contributed by atoms with Gasteiger partial charge in [-0.2, -0.15) is 0 Å². The molecule has 0 saturated heterocycles. The quantitative estimate of drug-likeness (QED) is 0.786. The van der Waals surface area contributed by atoms with Gasteiger partial charge in [0.05, 0.1) is 13.4 Å². The second-order valence-corrected chi connectivity index (χ2v) is 6.15. The van der Waals surface area contributed by atoms with Gasteiger partial charge in [0.2, 0.25) is 0 Å². The minimum atomic E-state index is -0.217. The van der Waals surface area contributed by atoms with Crippen LogP contribution in [0.1, 0.15) is 48.4 Å². The molecule has 0 fully saturated rings. The average molecular weight is 302 g/mol. The Balaban J connectivity index is 2.23. The highest BCUT2D eigenvalue weighted by molar-refractivity contribution is 5.92. The molecule has 2 atom stereocenters. The lowest BCUT2D eigenvalue weighted by Gasteiger charge is -2.33. The molecule has 1 heterocycles. The molecular formula is C18H22O4. The third-order valence-corrected chi connectivity index (χ3v) is 4.77. The normalized spacial score (nSPS) is 20.8. The molecule has 4 heteroatoms. The molecule has 2 aromatic rings. The first-order valence-electron chi connectivity index (χ1n) is 7.70. The van der Waals surface area contributed by atoms with Crippen LogP contribution in [0, 0.1) is 13.8 Å². The minimum absolute atomic E-state index is 0.0712. The van der Waals surface area contributed by atoms with Gasteiger partial charge < -0.3 is 13.9 Å². The van der Waals surface area contributed by atoms with Gasteiger partial charge in [-0.15, -0.1) is 0 Å². The second kappa shape index (κ2) is 5.34. The lowest BCUT2D eigenvalue weighted by Crippen LogP contribution is -2.29. The number of hydrogen-bond acceptors (Lipinski definition) is 4. The zero-order chi connectivity index (χ0) is 16.0. The maximum atomic E-state index is 11.3. The Morgan fingerprint density at radius 3 is 2.73 bits per heavy atom. The van der Waals surface area contributed by atoms with Crippen molar-refractivity contribution < 1.29 is 18.7 Å². The fourth-order valence-electron chi connectivity index (χ4n) is 3.87. The summed E-state index contributed by atoms with van der Waals surface area (Å²) in [6.07, 6.45) is 3.35. The van der Waals surface area contributed by atoms with Crippen LogP contribution in [0.5, 0.6) is 5.75 Å². The molecule has 118 valence electrons. The fraction of sp³-hybridized carbons (Fsp3) is 0.500. The highest BCUT2D eigenvalue weighted by atomic mass is 16.5. The second-order valence-electron chi connectivity index (χ2n) is 6.15. The average Bonchev–Trinajstić information content (AvgIpc) is 2.84. The molecule has 1 aliphatic rings. The number of esters is 1. The maximum Gasteiger partial charge on any atom is 0.302 e. The Kier molecular flexibility index (Phi) is 3.63. The van der Waals surface area contributed by atoms with E-state index in [2.05, 4.69) is 13.8 Å². The van der Waals surface area contributed by atoms with Crippen molar-refractivity contribution in [2.24, 2.45) is 0 Å². The third kappa shape index (κ3) is 2.09.